The van der Waals surface area contributed by atoms with E-state index in [0.717, 1.165) is 25.7 Å². The normalized spacial score (nSPS) is 10.0. The predicted molar refractivity (Wildman–Crippen MR) is 49.4 cm³/mol. The largest absolute Gasteiger partial charge is 0.396 e. The summed E-state index contributed by atoms with van der Waals surface area (Å²) in [6, 6.07) is 0. The number of aliphatic hydroxyl groups is 1. The van der Waals surface area contributed by atoms with Gasteiger partial charge in [-0.05, 0) is 31.6 Å². The van der Waals surface area contributed by atoms with E-state index in [1.807, 2.05) is 12.2 Å². The van der Waals surface area contributed by atoms with E-state index in [-0.39, 0.29) is 0 Å². The Hall–Kier alpha value is -0.560. The zero-order valence-electron chi connectivity index (χ0n) is 7.13. The lowest BCUT2D eigenvalue weighted by molar-refractivity contribution is 0.271. The standard InChI is InChI=1S/C10H18O/c1-3-6-10(7-4-2)8-5-9-11/h3-4,10-11H,1-2,5-9H2. The number of aliphatic hydroxyl groups excluding tert-OH is 1. The fourth-order valence-electron chi connectivity index (χ4n) is 1.18. The highest BCUT2D eigenvalue weighted by Gasteiger charge is 2.02. The molecule has 11 heavy (non-hydrogen) atoms. The first kappa shape index (κ1) is 10.4. The smallest absolute Gasteiger partial charge is 0.0431 e. The predicted octanol–water partition coefficient (Wildman–Crippen LogP) is 2.53. The van der Waals surface area contributed by atoms with Gasteiger partial charge in [-0.1, -0.05) is 12.2 Å². The molecule has 0 heterocycles. The van der Waals surface area contributed by atoms with Crippen molar-refractivity contribution in [2.24, 2.45) is 5.92 Å². The molecule has 0 bridgehead atoms. The van der Waals surface area contributed by atoms with Crippen LogP contribution in [0.4, 0.5) is 0 Å². The van der Waals surface area contributed by atoms with Gasteiger partial charge in [-0.15, -0.1) is 13.2 Å². The van der Waals surface area contributed by atoms with Crippen molar-refractivity contribution in [2.45, 2.75) is 25.7 Å². The van der Waals surface area contributed by atoms with Crippen LogP contribution in [0.1, 0.15) is 25.7 Å². The van der Waals surface area contributed by atoms with Crippen molar-refractivity contribution in [3.63, 3.8) is 0 Å². The van der Waals surface area contributed by atoms with Gasteiger partial charge in [0, 0.05) is 6.61 Å². The van der Waals surface area contributed by atoms with Crippen LogP contribution in [0, 0.1) is 5.92 Å². The molecule has 1 heteroatoms. The molecular weight excluding hydrogens is 136 g/mol. The Morgan fingerprint density at radius 1 is 1.18 bits per heavy atom. The van der Waals surface area contributed by atoms with Crippen LogP contribution < -0.4 is 0 Å². The van der Waals surface area contributed by atoms with Gasteiger partial charge in [0.1, 0.15) is 0 Å². The second-order valence-corrected chi connectivity index (χ2v) is 2.78. The first-order valence-electron chi connectivity index (χ1n) is 4.17. The SMILES string of the molecule is C=CCC(CC=C)CCCO. The van der Waals surface area contributed by atoms with E-state index in [9.17, 15) is 0 Å². The molecule has 0 saturated carbocycles. The summed E-state index contributed by atoms with van der Waals surface area (Å²) in [5.41, 5.74) is 0. The third kappa shape index (κ3) is 5.86. The molecule has 0 aliphatic carbocycles. The third-order valence-corrected chi connectivity index (χ3v) is 1.77. The van der Waals surface area contributed by atoms with Crippen molar-refractivity contribution in [3.05, 3.63) is 25.3 Å². The van der Waals surface area contributed by atoms with Crippen molar-refractivity contribution in [1.82, 2.24) is 0 Å². The lowest BCUT2D eigenvalue weighted by Gasteiger charge is -2.10. The van der Waals surface area contributed by atoms with E-state index in [2.05, 4.69) is 13.2 Å². The van der Waals surface area contributed by atoms with Crippen LogP contribution in [0.15, 0.2) is 25.3 Å². The molecule has 0 fully saturated rings. The minimum atomic E-state index is 0.296. The summed E-state index contributed by atoms with van der Waals surface area (Å²) in [4.78, 5) is 0. The third-order valence-electron chi connectivity index (χ3n) is 1.77. The molecule has 0 aromatic carbocycles. The van der Waals surface area contributed by atoms with Crippen LogP contribution in [0.5, 0.6) is 0 Å². The quantitative estimate of drug-likeness (QED) is 0.559. The molecule has 0 aliphatic heterocycles. The number of allylic oxidation sites excluding steroid dienone is 2. The minimum Gasteiger partial charge on any atom is -0.396 e. The second-order valence-electron chi connectivity index (χ2n) is 2.78. The van der Waals surface area contributed by atoms with Gasteiger partial charge in [-0.2, -0.15) is 0 Å². The van der Waals surface area contributed by atoms with E-state index >= 15 is 0 Å². The van der Waals surface area contributed by atoms with Gasteiger partial charge in [-0.25, -0.2) is 0 Å². The Kier molecular flexibility index (Phi) is 7.16. The molecule has 1 N–H and O–H groups in total. The second kappa shape index (κ2) is 7.55. The maximum absolute atomic E-state index is 8.60. The molecule has 0 aliphatic rings. The topological polar surface area (TPSA) is 20.2 Å². The van der Waals surface area contributed by atoms with Crippen LogP contribution in [0.3, 0.4) is 0 Å². The van der Waals surface area contributed by atoms with E-state index in [1.165, 1.54) is 0 Å². The Bertz CT molecular complexity index is 97.4. The minimum absolute atomic E-state index is 0.296. The molecule has 0 unspecified atom stereocenters. The first-order chi connectivity index (χ1) is 5.35. The summed E-state index contributed by atoms with van der Waals surface area (Å²) in [6.45, 7) is 7.68. The molecule has 0 aromatic rings. The number of hydrogen-bond donors (Lipinski definition) is 1. The lowest BCUT2D eigenvalue weighted by Crippen LogP contribution is -1.98. The van der Waals surface area contributed by atoms with Gasteiger partial charge in [0.05, 0.1) is 0 Å². The highest BCUT2D eigenvalue weighted by Crippen LogP contribution is 2.15. The van der Waals surface area contributed by atoms with Crippen molar-refractivity contribution in [1.29, 1.82) is 0 Å². The first-order valence-corrected chi connectivity index (χ1v) is 4.17. The van der Waals surface area contributed by atoms with Gasteiger partial charge in [0.15, 0.2) is 0 Å². The molecule has 64 valence electrons. The Balaban J connectivity index is 3.49. The molecule has 0 rings (SSSR count). The van der Waals surface area contributed by atoms with Crippen molar-refractivity contribution >= 4 is 0 Å². The highest BCUT2D eigenvalue weighted by molar-refractivity contribution is 4.79. The summed E-state index contributed by atoms with van der Waals surface area (Å²) in [7, 11) is 0. The zero-order valence-corrected chi connectivity index (χ0v) is 7.13. The Labute approximate surface area is 69.4 Å². The maximum atomic E-state index is 8.60. The van der Waals surface area contributed by atoms with Crippen molar-refractivity contribution in [2.75, 3.05) is 6.61 Å². The van der Waals surface area contributed by atoms with Crippen molar-refractivity contribution < 1.29 is 5.11 Å². The van der Waals surface area contributed by atoms with E-state index in [1.54, 1.807) is 0 Å². The maximum Gasteiger partial charge on any atom is 0.0431 e. The molecule has 0 amide bonds. The summed E-state index contributed by atoms with van der Waals surface area (Å²) < 4.78 is 0. The summed E-state index contributed by atoms with van der Waals surface area (Å²) in [6.07, 6.45) is 7.91. The lowest BCUT2D eigenvalue weighted by atomic mass is 9.96. The van der Waals surface area contributed by atoms with Gasteiger partial charge >= 0.3 is 0 Å². The van der Waals surface area contributed by atoms with Crippen LogP contribution in [-0.4, -0.2) is 11.7 Å². The summed E-state index contributed by atoms with van der Waals surface area (Å²) in [5, 5.41) is 8.60. The monoisotopic (exact) mass is 154 g/mol. The number of rotatable bonds is 7. The summed E-state index contributed by atoms with van der Waals surface area (Å²) in [5.74, 6) is 0.636. The number of hydrogen-bond acceptors (Lipinski definition) is 1. The van der Waals surface area contributed by atoms with Gasteiger partial charge in [0.2, 0.25) is 0 Å². The molecule has 0 saturated heterocycles. The van der Waals surface area contributed by atoms with Crippen LogP contribution in [0.2, 0.25) is 0 Å². The van der Waals surface area contributed by atoms with Crippen LogP contribution in [-0.2, 0) is 0 Å². The summed E-state index contributed by atoms with van der Waals surface area (Å²) >= 11 is 0. The van der Waals surface area contributed by atoms with E-state index in [4.69, 9.17) is 5.11 Å². The molecule has 1 nitrogen and oxygen atoms in total. The fraction of sp³-hybridized carbons (Fsp3) is 0.600. The Morgan fingerprint density at radius 2 is 1.73 bits per heavy atom. The van der Waals surface area contributed by atoms with Crippen molar-refractivity contribution in [3.8, 4) is 0 Å². The molecule has 0 atom stereocenters. The Morgan fingerprint density at radius 3 is 2.09 bits per heavy atom. The van der Waals surface area contributed by atoms with Crippen LogP contribution in [0.25, 0.3) is 0 Å². The molecular formula is C10H18O. The fourth-order valence-corrected chi connectivity index (χ4v) is 1.18. The van der Waals surface area contributed by atoms with Gasteiger partial charge in [-0.3, -0.25) is 0 Å². The molecule has 0 radical (unpaired) electrons. The van der Waals surface area contributed by atoms with E-state index in [0.29, 0.717) is 12.5 Å². The van der Waals surface area contributed by atoms with E-state index < -0.39 is 0 Å². The average molecular weight is 154 g/mol. The molecule has 0 aromatic heterocycles. The van der Waals surface area contributed by atoms with Gasteiger partial charge < -0.3 is 5.11 Å². The van der Waals surface area contributed by atoms with Crippen LogP contribution >= 0.6 is 0 Å². The zero-order chi connectivity index (χ0) is 8.53. The van der Waals surface area contributed by atoms with Gasteiger partial charge in [0.25, 0.3) is 0 Å². The molecule has 0 spiro atoms. The average Bonchev–Trinajstić information content (AvgIpc) is 2.01. The highest BCUT2D eigenvalue weighted by atomic mass is 16.2.